The molecule has 1 aromatic carbocycles. The van der Waals surface area contributed by atoms with Crippen LogP contribution in [0.15, 0.2) is 50.7 Å². The summed E-state index contributed by atoms with van der Waals surface area (Å²) in [6.45, 7) is 4.45. The monoisotopic (exact) mass is 595 g/mol. The predicted molar refractivity (Wildman–Crippen MR) is 155 cm³/mol. The lowest BCUT2D eigenvalue weighted by atomic mass is 10.0. The highest BCUT2D eigenvalue weighted by atomic mass is 32.1. The molecule has 0 unspecified atom stereocenters. The normalized spacial score (nSPS) is 21.1. The van der Waals surface area contributed by atoms with Crippen molar-refractivity contribution in [3.8, 4) is 16.5 Å². The van der Waals surface area contributed by atoms with Gasteiger partial charge in [0.2, 0.25) is 5.89 Å². The summed E-state index contributed by atoms with van der Waals surface area (Å²) in [6.07, 6.45) is 5.95. The molecule has 5 heterocycles. The number of fused-ring (bicyclic) bond motifs is 3. The summed E-state index contributed by atoms with van der Waals surface area (Å²) in [5.74, 6) is -0.390. The summed E-state index contributed by atoms with van der Waals surface area (Å²) in [6, 6.07) is 7.47. The zero-order chi connectivity index (χ0) is 29.8. The summed E-state index contributed by atoms with van der Waals surface area (Å²) >= 11 is 1.21. The molecule has 2 saturated heterocycles. The maximum atomic E-state index is 14.2. The van der Waals surface area contributed by atoms with Crippen molar-refractivity contribution in [2.24, 2.45) is 0 Å². The van der Waals surface area contributed by atoms with Gasteiger partial charge in [-0.05, 0) is 58.1 Å². The van der Waals surface area contributed by atoms with Crippen molar-refractivity contribution in [2.75, 3.05) is 7.11 Å². The SMILES string of the molecule is COc1ccccc1[C@H](Cn1c(=O)n(C(C)(C)C(=O)O)c(=O)c2c(C)c(-c3ncco3)sc21)OC1C[C@H]2CC[C@H](C1)O2. The number of hydrogen-bond acceptors (Lipinski definition) is 9. The minimum Gasteiger partial charge on any atom is -0.496 e. The van der Waals surface area contributed by atoms with E-state index in [1.165, 1.54) is 42.2 Å². The number of para-hydroxylation sites is 1. The summed E-state index contributed by atoms with van der Waals surface area (Å²) in [7, 11) is 1.58. The number of nitrogens with zero attached hydrogens (tertiary/aromatic N) is 3. The van der Waals surface area contributed by atoms with Crippen LogP contribution in [0, 0.1) is 6.92 Å². The maximum absolute atomic E-state index is 14.2. The minimum atomic E-state index is -1.82. The van der Waals surface area contributed by atoms with Gasteiger partial charge in [-0.2, -0.15) is 0 Å². The number of carboxylic acid groups (broad SMARTS) is 1. The molecule has 2 bridgehead atoms. The molecule has 0 saturated carbocycles. The number of carbonyl (C=O) groups is 1. The number of aryl methyl sites for hydroxylation is 1. The van der Waals surface area contributed by atoms with Crippen LogP contribution in [0.2, 0.25) is 0 Å². The second-order valence-corrected chi connectivity index (χ2v) is 12.4. The average molecular weight is 596 g/mol. The van der Waals surface area contributed by atoms with Crippen LogP contribution >= 0.6 is 11.3 Å². The zero-order valence-electron chi connectivity index (χ0n) is 23.9. The molecule has 2 aliphatic rings. The second-order valence-electron chi connectivity index (χ2n) is 11.4. The highest BCUT2D eigenvalue weighted by Gasteiger charge is 2.39. The van der Waals surface area contributed by atoms with Crippen molar-refractivity contribution in [1.29, 1.82) is 0 Å². The molecule has 3 aromatic heterocycles. The fraction of sp³-hybridized carbons (Fsp3) is 0.467. The minimum absolute atomic E-state index is 0.0172. The zero-order valence-corrected chi connectivity index (χ0v) is 24.7. The summed E-state index contributed by atoms with van der Waals surface area (Å²) in [5, 5.41) is 10.3. The van der Waals surface area contributed by atoms with E-state index >= 15 is 0 Å². The molecular formula is C30H33N3O8S. The molecule has 11 nitrogen and oxygen atoms in total. The Labute approximate surface area is 245 Å². The van der Waals surface area contributed by atoms with Gasteiger partial charge in [0, 0.05) is 5.56 Å². The number of methoxy groups -OCH3 is 1. The molecule has 2 fully saturated rings. The Hall–Kier alpha value is -3.74. The third-order valence-electron chi connectivity index (χ3n) is 8.36. The molecule has 0 radical (unpaired) electrons. The lowest BCUT2D eigenvalue weighted by Gasteiger charge is -2.32. The highest BCUT2D eigenvalue weighted by Crippen LogP contribution is 2.40. The number of carboxylic acids is 1. The fourth-order valence-corrected chi connectivity index (χ4v) is 7.34. The smallest absolute Gasteiger partial charge is 0.333 e. The van der Waals surface area contributed by atoms with Crippen LogP contribution < -0.4 is 16.0 Å². The van der Waals surface area contributed by atoms with Crippen LogP contribution in [0.3, 0.4) is 0 Å². The predicted octanol–water partition coefficient (Wildman–Crippen LogP) is 4.48. The third kappa shape index (κ3) is 4.77. The first kappa shape index (κ1) is 28.4. The largest absolute Gasteiger partial charge is 0.496 e. The first-order valence-electron chi connectivity index (χ1n) is 14.0. The van der Waals surface area contributed by atoms with E-state index in [1.54, 1.807) is 14.0 Å². The van der Waals surface area contributed by atoms with E-state index in [1.807, 2.05) is 24.3 Å². The van der Waals surface area contributed by atoms with Crippen LogP contribution in [-0.2, 0) is 26.4 Å². The Balaban J connectivity index is 1.55. The number of aromatic nitrogens is 3. The number of hydrogen-bond donors (Lipinski definition) is 1. The summed E-state index contributed by atoms with van der Waals surface area (Å²) in [5.41, 5.74) is -1.93. The number of aliphatic carboxylic acids is 1. The molecule has 42 heavy (non-hydrogen) atoms. The number of ether oxygens (including phenoxy) is 3. The standard InChI is InChI=1S/C30H33N3O8S/c1-16-23-26(34)33(30(2,3)28(35)36)29(37)32(27(23)42-24(16)25-31-11-12-39-25)15-22(20-7-5-6-8-21(20)38-4)41-19-13-17-9-10-18(14-19)40-17/h5-8,11-12,17-19,22H,9-10,13-15H2,1-4H3,(H,35,36)/t17-,18-,22+/m1/s1. The summed E-state index contributed by atoms with van der Waals surface area (Å²) < 4.78 is 26.3. The topological polar surface area (TPSA) is 135 Å². The molecule has 12 heteroatoms. The van der Waals surface area contributed by atoms with E-state index in [-0.39, 0.29) is 30.2 Å². The molecule has 222 valence electrons. The van der Waals surface area contributed by atoms with Crippen LogP contribution in [-0.4, -0.2) is 50.6 Å². The molecule has 2 aliphatic heterocycles. The number of thiophene rings is 1. The molecule has 3 atom stereocenters. The maximum Gasteiger partial charge on any atom is 0.333 e. The van der Waals surface area contributed by atoms with Crippen molar-refractivity contribution in [2.45, 2.75) is 83.0 Å². The Kier molecular flexibility index (Phi) is 7.32. The highest BCUT2D eigenvalue weighted by molar-refractivity contribution is 7.22. The van der Waals surface area contributed by atoms with Crippen molar-refractivity contribution in [1.82, 2.24) is 14.1 Å². The Morgan fingerprint density at radius 1 is 1.21 bits per heavy atom. The molecule has 0 amide bonds. The summed E-state index contributed by atoms with van der Waals surface area (Å²) in [4.78, 5) is 45.7. The molecule has 0 aliphatic carbocycles. The van der Waals surface area contributed by atoms with Crippen LogP contribution in [0.4, 0.5) is 0 Å². The third-order valence-corrected chi connectivity index (χ3v) is 9.66. The lowest BCUT2D eigenvalue weighted by Crippen LogP contribution is -2.52. The Morgan fingerprint density at radius 3 is 2.57 bits per heavy atom. The van der Waals surface area contributed by atoms with Gasteiger partial charge in [0.25, 0.3) is 5.56 Å². The molecular weight excluding hydrogens is 562 g/mol. The van der Waals surface area contributed by atoms with E-state index < -0.39 is 28.9 Å². The van der Waals surface area contributed by atoms with E-state index in [0.717, 1.165) is 35.8 Å². The van der Waals surface area contributed by atoms with Gasteiger partial charge < -0.3 is 23.7 Å². The first-order valence-corrected chi connectivity index (χ1v) is 14.8. The number of rotatable bonds is 9. The van der Waals surface area contributed by atoms with Crippen molar-refractivity contribution >= 4 is 27.5 Å². The average Bonchev–Trinajstić information content (AvgIpc) is 3.69. The van der Waals surface area contributed by atoms with Gasteiger partial charge in [0.05, 0.1) is 48.4 Å². The van der Waals surface area contributed by atoms with Gasteiger partial charge in [-0.1, -0.05) is 18.2 Å². The Bertz CT molecular complexity index is 1740. The fourth-order valence-electron chi connectivity index (χ4n) is 6.10. The van der Waals surface area contributed by atoms with Gasteiger partial charge in [0.15, 0.2) is 0 Å². The van der Waals surface area contributed by atoms with Crippen molar-refractivity contribution in [3.63, 3.8) is 0 Å². The Morgan fingerprint density at radius 2 is 1.93 bits per heavy atom. The van der Waals surface area contributed by atoms with Crippen LogP contribution in [0.25, 0.3) is 21.0 Å². The lowest BCUT2D eigenvalue weighted by molar-refractivity contribution is -0.146. The molecule has 0 spiro atoms. The van der Waals surface area contributed by atoms with E-state index in [4.69, 9.17) is 18.6 Å². The van der Waals surface area contributed by atoms with Crippen LogP contribution in [0.1, 0.15) is 56.8 Å². The molecule has 4 aromatic rings. The first-order chi connectivity index (χ1) is 20.1. The molecule has 6 rings (SSSR count). The number of oxazole rings is 1. The van der Waals surface area contributed by atoms with Gasteiger partial charge in [-0.15, -0.1) is 11.3 Å². The van der Waals surface area contributed by atoms with Gasteiger partial charge in [0.1, 0.15) is 28.5 Å². The number of benzene rings is 1. The second kappa shape index (κ2) is 10.8. The van der Waals surface area contributed by atoms with E-state index in [9.17, 15) is 19.5 Å². The van der Waals surface area contributed by atoms with Crippen LogP contribution in [0.5, 0.6) is 5.75 Å². The van der Waals surface area contributed by atoms with E-state index in [0.29, 0.717) is 26.9 Å². The van der Waals surface area contributed by atoms with Gasteiger partial charge >= 0.3 is 11.7 Å². The van der Waals surface area contributed by atoms with Crippen molar-refractivity contribution in [3.05, 3.63) is 68.7 Å². The molecule has 1 N–H and O–H groups in total. The van der Waals surface area contributed by atoms with E-state index in [2.05, 4.69) is 4.98 Å². The van der Waals surface area contributed by atoms with Gasteiger partial charge in [-0.25, -0.2) is 19.1 Å². The quantitative estimate of drug-likeness (QED) is 0.297. The van der Waals surface area contributed by atoms with Gasteiger partial charge in [-0.3, -0.25) is 9.36 Å². The van der Waals surface area contributed by atoms with Crippen molar-refractivity contribution < 1.29 is 28.5 Å².